The van der Waals surface area contributed by atoms with Crippen LogP contribution in [0.1, 0.15) is 26.2 Å². The van der Waals surface area contributed by atoms with Crippen molar-refractivity contribution < 1.29 is 24.2 Å². The Labute approximate surface area is 214 Å². The van der Waals surface area contributed by atoms with Gasteiger partial charge in [0.25, 0.3) is 5.91 Å². The van der Waals surface area contributed by atoms with Crippen molar-refractivity contribution in [3.8, 4) is 0 Å². The molecule has 1 aromatic rings. The molecular formula is C26H29ClN2O5S. The standard InChI is InChI=1S/C26H29ClN2O5S/c1-25-11-3-2-4-16-34-24(33)20(25)19-22(31)29(14-6-15-30)21-23(32)28(13-5-12-26(19,21)35-25)18-9-7-17(27)8-10-18/h3,5,7-12,19-21,30H,2,4,6,13-16H2,1H3/b11-3-/t19-,20-,21?,25+,26-/m0/s1. The zero-order valence-electron chi connectivity index (χ0n) is 19.6. The second-order valence-corrected chi connectivity index (χ2v) is 11.9. The van der Waals surface area contributed by atoms with E-state index in [9.17, 15) is 19.5 Å². The maximum absolute atomic E-state index is 14.2. The molecule has 1 N–H and O–H groups in total. The molecule has 5 rings (SSSR count). The average molecular weight is 517 g/mol. The van der Waals surface area contributed by atoms with Gasteiger partial charge in [0.2, 0.25) is 5.91 Å². The lowest BCUT2D eigenvalue weighted by Gasteiger charge is -2.36. The van der Waals surface area contributed by atoms with Crippen molar-refractivity contribution in [1.29, 1.82) is 0 Å². The van der Waals surface area contributed by atoms with E-state index in [1.807, 2.05) is 25.2 Å². The predicted molar refractivity (Wildman–Crippen MR) is 135 cm³/mol. The number of hydrogen-bond donors (Lipinski definition) is 1. The number of amides is 2. The third-order valence-corrected chi connectivity index (χ3v) is 9.49. The summed E-state index contributed by atoms with van der Waals surface area (Å²) in [4.78, 5) is 44.8. The Morgan fingerprint density at radius 2 is 1.89 bits per heavy atom. The van der Waals surface area contributed by atoms with E-state index in [0.717, 1.165) is 12.8 Å². The van der Waals surface area contributed by atoms with E-state index < -0.39 is 27.4 Å². The minimum Gasteiger partial charge on any atom is -0.465 e. The van der Waals surface area contributed by atoms with Crippen LogP contribution in [0.4, 0.5) is 5.69 Å². The number of ether oxygens (including phenoxy) is 1. The van der Waals surface area contributed by atoms with Crippen LogP contribution in [0.5, 0.6) is 0 Å². The molecule has 4 aliphatic rings. The van der Waals surface area contributed by atoms with Gasteiger partial charge in [0.15, 0.2) is 0 Å². The molecule has 4 heterocycles. The molecule has 1 aromatic carbocycles. The molecule has 7 nitrogen and oxygen atoms in total. The average Bonchev–Trinajstić information content (AvgIpc) is 3.17. The van der Waals surface area contributed by atoms with Gasteiger partial charge in [-0.05, 0) is 50.5 Å². The van der Waals surface area contributed by atoms with Crippen molar-refractivity contribution >= 4 is 46.8 Å². The number of hydrogen-bond acceptors (Lipinski definition) is 6. The lowest BCUT2D eigenvalue weighted by molar-refractivity contribution is -0.154. The minimum absolute atomic E-state index is 0.0990. The van der Waals surface area contributed by atoms with Gasteiger partial charge in [-0.2, -0.15) is 0 Å². The van der Waals surface area contributed by atoms with Crippen LogP contribution in [0.15, 0.2) is 48.6 Å². The summed E-state index contributed by atoms with van der Waals surface area (Å²) in [5.41, 5.74) is 0.690. The highest BCUT2D eigenvalue weighted by atomic mass is 35.5. The number of aliphatic hydroxyl groups excluding tert-OH is 1. The van der Waals surface area contributed by atoms with E-state index in [-0.39, 0.29) is 30.9 Å². The molecule has 186 valence electrons. The van der Waals surface area contributed by atoms with Crippen LogP contribution in [0.2, 0.25) is 5.02 Å². The van der Waals surface area contributed by atoms with Crippen molar-refractivity contribution in [3.05, 3.63) is 53.6 Å². The zero-order chi connectivity index (χ0) is 24.8. The van der Waals surface area contributed by atoms with Gasteiger partial charge in [-0.3, -0.25) is 14.4 Å². The number of aliphatic hydroxyl groups is 1. The Morgan fingerprint density at radius 3 is 2.63 bits per heavy atom. The lowest BCUT2D eigenvalue weighted by Crippen LogP contribution is -2.53. The molecular weight excluding hydrogens is 488 g/mol. The number of benzene rings is 1. The number of allylic oxidation sites excluding steroid dienone is 1. The highest BCUT2D eigenvalue weighted by molar-refractivity contribution is 8.02. The van der Waals surface area contributed by atoms with Crippen LogP contribution < -0.4 is 4.90 Å². The summed E-state index contributed by atoms with van der Waals surface area (Å²) in [5.74, 6) is -2.27. The maximum atomic E-state index is 14.2. The van der Waals surface area contributed by atoms with Crippen molar-refractivity contribution in [2.24, 2.45) is 11.8 Å². The first-order valence-electron chi connectivity index (χ1n) is 12.0. The Kier molecular flexibility index (Phi) is 6.48. The van der Waals surface area contributed by atoms with Crippen LogP contribution in [-0.4, -0.2) is 69.6 Å². The molecule has 2 saturated heterocycles. The van der Waals surface area contributed by atoms with Crippen LogP contribution in [0, 0.1) is 11.8 Å². The van der Waals surface area contributed by atoms with E-state index >= 15 is 0 Å². The summed E-state index contributed by atoms with van der Waals surface area (Å²) in [7, 11) is 0. The monoisotopic (exact) mass is 516 g/mol. The highest BCUT2D eigenvalue weighted by Crippen LogP contribution is 2.65. The maximum Gasteiger partial charge on any atom is 0.311 e. The van der Waals surface area contributed by atoms with Gasteiger partial charge < -0.3 is 19.6 Å². The fraction of sp³-hybridized carbons (Fsp3) is 0.500. The van der Waals surface area contributed by atoms with Gasteiger partial charge >= 0.3 is 5.97 Å². The van der Waals surface area contributed by atoms with E-state index in [4.69, 9.17) is 16.3 Å². The molecule has 9 heteroatoms. The molecule has 5 atom stereocenters. The Hall–Kier alpha value is -2.29. The number of anilines is 1. The Bertz CT molecular complexity index is 1090. The van der Waals surface area contributed by atoms with Crippen LogP contribution >= 0.6 is 23.4 Å². The molecule has 2 fully saturated rings. The number of carbonyl (C=O) groups excluding carboxylic acids is 3. The van der Waals surface area contributed by atoms with Gasteiger partial charge in [-0.1, -0.05) is 35.9 Å². The number of halogens is 1. The quantitative estimate of drug-likeness (QED) is 0.488. The van der Waals surface area contributed by atoms with Gasteiger partial charge in [0.05, 0.1) is 23.2 Å². The SMILES string of the molecule is C[C@@]12/C=C\CCCOC(=O)[C@@H]1[C@H]1C(=O)N(CCCO)C3C(=O)N(c4ccc(Cl)cc4)CC=C[C@@]31S2. The number of fused-ring (bicyclic) bond motifs is 2. The number of thioether (sulfide) groups is 1. The van der Waals surface area contributed by atoms with Crippen LogP contribution in [0.25, 0.3) is 0 Å². The number of carbonyl (C=O) groups is 3. The first-order valence-corrected chi connectivity index (χ1v) is 13.2. The Morgan fingerprint density at radius 1 is 1.11 bits per heavy atom. The number of cyclic esters (lactones) is 1. The molecule has 0 aromatic heterocycles. The normalized spacial score (nSPS) is 35.4. The lowest BCUT2D eigenvalue weighted by atomic mass is 9.74. The molecule has 0 aliphatic carbocycles. The fourth-order valence-corrected chi connectivity index (χ4v) is 8.25. The van der Waals surface area contributed by atoms with Gasteiger partial charge in [0.1, 0.15) is 6.04 Å². The number of esters is 1. The van der Waals surface area contributed by atoms with E-state index in [0.29, 0.717) is 30.3 Å². The zero-order valence-corrected chi connectivity index (χ0v) is 21.1. The van der Waals surface area contributed by atoms with E-state index in [1.165, 1.54) is 11.8 Å². The molecule has 1 spiro atoms. The number of rotatable bonds is 4. The summed E-state index contributed by atoms with van der Waals surface area (Å²) in [6.45, 7) is 2.77. The third-order valence-electron chi connectivity index (χ3n) is 7.45. The largest absolute Gasteiger partial charge is 0.465 e. The minimum atomic E-state index is -0.924. The van der Waals surface area contributed by atoms with Crippen LogP contribution in [0.3, 0.4) is 0 Å². The molecule has 35 heavy (non-hydrogen) atoms. The van der Waals surface area contributed by atoms with Gasteiger partial charge in [-0.15, -0.1) is 11.8 Å². The highest BCUT2D eigenvalue weighted by Gasteiger charge is 2.73. The summed E-state index contributed by atoms with van der Waals surface area (Å²) in [6, 6.07) is 6.24. The second-order valence-electron chi connectivity index (χ2n) is 9.65. The third kappa shape index (κ3) is 3.90. The van der Waals surface area contributed by atoms with Crippen molar-refractivity contribution in [2.45, 2.75) is 41.7 Å². The van der Waals surface area contributed by atoms with Crippen molar-refractivity contribution in [3.63, 3.8) is 0 Å². The van der Waals surface area contributed by atoms with Gasteiger partial charge in [-0.25, -0.2) is 0 Å². The Balaban J connectivity index is 1.63. The molecule has 2 amide bonds. The first-order chi connectivity index (χ1) is 16.8. The summed E-state index contributed by atoms with van der Waals surface area (Å²) < 4.78 is 4.00. The molecule has 0 radical (unpaired) electrons. The van der Waals surface area contributed by atoms with E-state index in [2.05, 4.69) is 6.08 Å². The predicted octanol–water partition coefficient (Wildman–Crippen LogP) is 3.21. The molecule has 1 unspecified atom stereocenters. The second kappa shape index (κ2) is 9.30. The molecule has 4 aliphatic heterocycles. The van der Waals surface area contributed by atoms with Crippen LogP contribution in [-0.2, 0) is 19.1 Å². The summed E-state index contributed by atoms with van der Waals surface area (Å²) in [6.07, 6.45) is 9.86. The number of likely N-dealkylation sites (tertiary alicyclic amines) is 1. The smallest absolute Gasteiger partial charge is 0.311 e. The van der Waals surface area contributed by atoms with Crippen molar-refractivity contribution in [1.82, 2.24) is 4.90 Å². The number of nitrogens with zero attached hydrogens (tertiary/aromatic N) is 2. The van der Waals surface area contributed by atoms with Crippen molar-refractivity contribution in [2.75, 3.05) is 31.2 Å². The van der Waals surface area contributed by atoms with E-state index in [1.54, 1.807) is 34.1 Å². The molecule has 0 saturated carbocycles. The first kappa shape index (κ1) is 24.4. The molecule has 0 bridgehead atoms. The summed E-state index contributed by atoms with van der Waals surface area (Å²) >= 11 is 7.59. The summed E-state index contributed by atoms with van der Waals surface area (Å²) in [5, 5.41) is 10.1. The fourth-order valence-electron chi connectivity index (χ4n) is 5.97. The van der Waals surface area contributed by atoms with Gasteiger partial charge in [0, 0.05) is 35.2 Å². The topological polar surface area (TPSA) is 87.1 Å².